The zero-order chi connectivity index (χ0) is 10.4. The van der Waals surface area contributed by atoms with E-state index in [4.69, 9.17) is 16.7 Å². The topological polar surface area (TPSA) is 75.8 Å². The summed E-state index contributed by atoms with van der Waals surface area (Å²) in [5.41, 5.74) is 13.1. The van der Waals surface area contributed by atoms with Gasteiger partial charge in [-0.2, -0.15) is 5.26 Å². The van der Waals surface area contributed by atoms with Gasteiger partial charge in [-0.05, 0) is 36.7 Å². The standard InChI is InChI=1S/C11H13N3/c12-6-2-1-3-9-7-11(14)5-4-10(9)8-13/h1,3-5,7H,2,6,12,14H2. The van der Waals surface area contributed by atoms with Gasteiger partial charge in [0.1, 0.15) is 0 Å². The number of nitrogens with zero attached hydrogens (tertiary/aromatic N) is 1. The van der Waals surface area contributed by atoms with Crippen molar-refractivity contribution in [2.45, 2.75) is 6.42 Å². The second-order valence-corrected chi connectivity index (χ2v) is 2.94. The van der Waals surface area contributed by atoms with E-state index in [-0.39, 0.29) is 0 Å². The Labute approximate surface area is 83.6 Å². The average molecular weight is 187 g/mol. The van der Waals surface area contributed by atoms with Crippen LogP contribution in [0.15, 0.2) is 24.3 Å². The molecule has 3 nitrogen and oxygen atoms in total. The van der Waals surface area contributed by atoms with Crippen LogP contribution in [0.3, 0.4) is 0 Å². The molecule has 0 aliphatic heterocycles. The van der Waals surface area contributed by atoms with Crippen molar-refractivity contribution in [2.75, 3.05) is 12.3 Å². The van der Waals surface area contributed by atoms with Crippen LogP contribution < -0.4 is 11.5 Å². The minimum absolute atomic E-state index is 0.612. The van der Waals surface area contributed by atoms with Crippen LogP contribution in [0, 0.1) is 11.3 Å². The van der Waals surface area contributed by atoms with Crippen LogP contribution >= 0.6 is 0 Å². The molecule has 72 valence electrons. The Hall–Kier alpha value is -1.79. The van der Waals surface area contributed by atoms with E-state index in [1.54, 1.807) is 18.2 Å². The van der Waals surface area contributed by atoms with Crippen molar-refractivity contribution >= 4 is 11.8 Å². The van der Waals surface area contributed by atoms with Gasteiger partial charge < -0.3 is 11.5 Å². The highest BCUT2D eigenvalue weighted by molar-refractivity contribution is 5.62. The van der Waals surface area contributed by atoms with Gasteiger partial charge in [0.2, 0.25) is 0 Å². The van der Waals surface area contributed by atoms with E-state index in [0.717, 1.165) is 12.0 Å². The average Bonchev–Trinajstić information content (AvgIpc) is 2.19. The second-order valence-electron chi connectivity index (χ2n) is 2.94. The fourth-order valence-electron chi connectivity index (χ4n) is 1.13. The fourth-order valence-corrected chi connectivity index (χ4v) is 1.13. The summed E-state index contributed by atoms with van der Waals surface area (Å²) in [5.74, 6) is 0. The Balaban J connectivity index is 2.94. The molecule has 0 atom stereocenters. The van der Waals surface area contributed by atoms with Crippen LogP contribution in [0.5, 0.6) is 0 Å². The molecular weight excluding hydrogens is 174 g/mol. The van der Waals surface area contributed by atoms with Gasteiger partial charge in [-0.1, -0.05) is 12.2 Å². The monoisotopic (exact) mass is 187 g/mol. The quantitative estimate of drug-likeness (QED) is 0.704. The first-order valence-corrected chi connectivity index (χ1v) is 4.44. The predicted octanol–water partition coefficient (Wildman–Crippen LogP) is 1.50. The van der Waals surface area contributed by atoms with Crippen molar-refractivity contribution in [3.63, 3.8) is 0 Å². The van der Waals surface area contributed by atoms with Gasteiger partial charge in [0.05, 0.1) is 11.6 Å². The molecule has 1 aromatic rings. The first-order chi connectivity index (χ1) is 6.77. The number of nitriles is 1. The summed E-state index contributed by atoms with van der Waals surface area (Å²) in [6.07, 6.45) is 4.62. The maximum Gasteiger partial charge on any atom is 0.0997 e. The first-order valence-electron chi connectivity index (χ1n) is 4.44. The summed E-state index contributed by atoms with van der Waals surface area (Å²) in [7, 11) is 0. The SMILES string of the molecule is N#Cc1ccc(N)cc1C=CCCN. The lowest BCUT2D eigenvalue weighted by Gasteiger charge is -1.99. The molecule has 1 rings (SSSR count). The summed E-state index contributed by atoms with van der Waals surface area (Å²) in [5, 5.41) is 8.82. The lowest BCUT2D eigenvalue weighted by molar-refractivity contribution is 1.01. The van der Waals surface area contributed by atoms with Gasteiger partial charge in [0, 0.05) is 5.69 Å². The molecule has 0 fully saturated rings. The lowest BCUT2D eigenvalue weighted by atomic mass is 10.1. The molecule has 0 aliphatic carbocycles. The van der Waals surface area contributed by atoms with E-state index in [0.29, 0.717) is 17.8 Å². The second kappa shape index (κ2) is 5.05. The molecule has 3 heteroatoms. The minimum atomic E-state index is 0.612. The van der Waals surface area contributed by atoms with Crippen molar-refractivity contribution in [1.29, 1.82) is 5.26 Å². The number of nitrogens with two attached hydrogens (primary N) is 2. The molecule has 14 heavy (non-hydrogen) atoms. The summed E-state index contributed by atoms with van der Waals surface area (Å²) in [4.78, 5) is 0. The first kappa shape index (κ1) is 10.3. The maximum absolute atomic E-state index is 8.82. The van der Waals surface area contributed by atoms with Crippen LogP contribution in [0.2, 0.25) is 0 Å². The van der Waals surface area contributed by atoms with E-state index in [2.05, 4.69) is 6.07 Å². The third kappa shape index (κ3) is 2.61. The number of benzene rings is 1. The van der Waals surface area contributed by atoms with Crippen LogP contribution in [-0.2, 0) is 0 Å². The molecule has 0 heterocycles. The van der Waals surface area contributed by atoms with E-state index in [1.807, 2.05) is 12.2 Å². The smallest absolute Gasteiger partial charge is 0.0997 e. The summed E-state index contributed by atoms with van der Waals surface area (Å²) < 4.78 is 0. The zero-order valence-corrected chi connectivity index (χ0v) is 7.90. The van der Waals surface area contributed by atoms with Gasteiger partial charge in [-0.15, -0.1) is 0 Å². The zero-order valence-electron chi connectivity index (χ0n) is 7.90. The van der Waals surface area contributed by atoms with Crippen LogP contribution in [0.1, 0.15) is 17.5 Å². The van der Waals surface area contributed by atoms with Gasteiger partial charge in [-0.3, -0.25) is 0 Å². The molecule has 0 amide bonds. The third-order valence-corrected chi connectivity index (χ3v) is 1.83. The van der Waals surface area contributed by atoms with Gasteiger partial charge >= 0.3 is 0 Å². The van der Waals surface area contributed by atoms with E-state index in [9.17, 15) is 0 Å². The molecule has 0 aliphatic rings. The highest BCUT2D eigenvalue weighted by atomic mass is 14.5. The normalized spacial score (nSPS) is 10.3. The number of nitrogen functional groups attached to an aromatic ring is 1. The Bertz CT molecular complexity index is 375. The summed E-state index contributed by atoms with van der Waals surface area (Å²) in [6, 6.07) is 7.34. The largest absolute Gasteiger partial charge is 0.399 e. The van der Waals surface area contributed by atoms with Crippen molar-refractivity contribution in [3.05, 3.63) is 35.4 Å². The molecule has 0 saturated heterocycles. The molecule has 0 radical (unpaired) electrons. The highest BCUT2D eigenvalue weighted by Crippen LogP contribution is 2.14. The summed E-state index contributed by atoms with van der Waals surface area (Å²) >= 11 is 0. The number of rotatable bonds is 3. The van der Waals surface area contributed by atoms with E-state index in [1.165, 1.54) is 0 Å². The van der Waals surface area contributed by atoms with E-state index < -0.39 is 0 Å². The molecule has 0 spiro atoms. The fraction of sp³-hybridized carbons (Fsp3) is 0.182. The van der Waals surface area contributed by atoms with Crippen molar-refractivity contribution in [1.82, 2.24) is 0 Å². The molecule has 0 saturated carbocycles. The Kier molecular flexibility index (Phi) is 3.71. The van der Waals surface area contributed by atoms with Crippen LogP contribution in [0.4, 0.5) is 5.69 Å². The summed E-state index contributed by atoms with van der Waals surface area (Å²) in [6.45, 7) is 0.612. The third-order valence-electron chi connectivity index (χ3n) is 1.83. The molecular formula is C11H13N3. The van der Waals surface area contributed by atoms with Gasteiger partial charge in [0.25, 0.3) is 0 Å². The molecule has 4 N–H and O–H groups in total. The van der Waals surface area contributed by atoms with Gasteiger partial charge in [-0.25, -0.2) is 0 Å². The van der Waals surface area contributed by atoms with E-state index >= 15 is 0 Å². The van der Waals surface area contributed by atoms with Crippen molar-refractivity contribution < 1.29 is 0 Å². The minimum Gasteiger partial charge on any atom is -0.399 e. The molecule has 1 aromatic carbocycles. The Morgan fingerprint density at radius 2 is 2.21 bits per heavy atom. The van der Waals surface area contributed by atoms with Gasteiger partial charge in [0.15, 0.2) is 0 Å². The maximum atomic E-state index is 8.82. The number of anilines is 1. The molecule has 0 aromatic heterocycles. The highest BCUT2D eigenvalue weighted by Gasteiger charge is 1.97. The van der Waals surface area contributed by atoms with Crippen molar-refractivity contribution in [3.8, 4) is 6.07 Å². The number of hydrogen-bond donors (Lipinski definition) is 2. The van der Waals surface area contributed by atoms with Crippen LogP contribution in [-0.4, -0.2) is 6.54 Å². The molecule has 0 bridgehead atoms. The van der Waals surface area contributed by atoms with Crippen LogP contribution in [0.25, 0.3) is 6.08 Å². The Morgan fingerprint density at radius 1 is 1.43 bits per heavy atom. The molecule has 0 unspecified atom stereocenters. The lowest BCUT2D eigenvalue weighted by Crippen LogP contribution is -1.95. The van der Waals surface area contributed by atoms with Crippen molar-refractivity contribution in [2.24, 2.45) is 5.73 Å². The number of hydrogen-bond acceptors (Lipinski definition) is 3. The predicted molar refractivity (Wildman–Crippen MR) is 58.3 cm³/mol. The Morgan fingerprint density at radius 3 is 2.86 bits per heavy atom.